The van der Waals surface area contributed by atoms with Gasteiger partial charge in [-0.1, -0.05) is 20.8 Å². The molecule has 98 valence electrons. The van der Waals surface area contributed by atoms with E-state index in [2.05, 4.69) is 4.74 Å². The largest absolute Gasteiger partial charge is 0.467 e. The Morgan fingerprint density at radius 1 is 1.35 bits per heavy atom. The molecule has 0 radical (unpaired) electrons. The average molecular weight is 243 g/mol. The molecule has 3 unspecified atom stereocenters. The minimum absolute atomic E-state index is 0.0908. The van der Waals surface area contributed by atoms with Crippen LogP contribution < -0.4 is 0 Å². The first-order chi connectivity index (χ1) is 7.88. The van der Waals surface area contributed by atoms with Crippen molar-refractivity contribution in [1.82, 2.24) is 4.90 Å². The minimum atomic E-state index is -0.637. The number of carbonyl (C=O) groups is 2. The van der Waals surface area contributed by atoms with E-state index in [-0.39, 0.29) is 30.7 Å². The van der Waals surface area contributed by atoms with Crippen LogP contribution in [0.25, 0.3) is 0 Å². The first kappa shape index (κ1) is 14.0. The highest BCUT2D eigenvalue weighted by molar-refractivity contribution is 5.86. The number of hydrogen-bond acceptors (Lipinski definition) is 4. The standard InChI is InChI=1S/C12H21NO4/c1-7(2)8(3)11(15)13-6-9(14)5-10(13)12(16)17-4/h7-10,14H,5-6H2,1-4H3. The van der Waals surface area contributed by atoms with Crippen LogP contribution in [0.15, 0.2) is 0 Å². The summed E-state index contributed by atoms with van der Waals surface area (Å²) in [6, 6.07) is -0.635. The number of nitrogens with zero attached hydrogens (tertiary/aromatic N) is 1. The summed E-state index contributed by atoms with van der Waals surface area (Å²) in [6.07, 6.45) is -0.370. The average Bonchev–Trinajstić information content (AvgIpc) is 2.68. The van der Waals surface area contributed by atoms with Crippen molar-refractivity contribution in [2.75, 3.05) is 13.7 Å². The Morgan fingerprint density at radius 2 is 1.94 bits per heavy atom. The third kappa shape index (κ3) is 2.97. The van der Waals surface area contributed by atoms with Gasteiger partial charge in [-0.3, -0.25) is 4.79 Å². The maximum absolute atomic E-state index is 12.2. The zero-order chi connectivity index (χ0) is 13.2. The van der Waals surface area contributed by atoms with Crippen molar-refractivity contribution in [3.05, 3.63) is 0 Å². The second-order valence-electron chi connectivity index (χ2n) is 4.95. The predicted molar refractivity (Wildman–Crippen MR) is 62.1 cm³/mol. The number of esters is 1. The van der Waals surface area contributed by atoms with Crippen LogP contribution in [0, 0.1) is 11.8 Å². The van der Waals surface area contributed by atoms with Crippen LogP contribution in [0.1, 0.15) is 27.2 Å². The summed E-state index contributed by atoms with van der Waals surface area (Å²) >= 11 is 0. The van der Waals surface area contributed by atoms with E-state index in [0.29, 0.717) is 0 Å². The Labute approximate surface area is 102 Å². The molecule has 1 rings (SSSR count). The fraction of sp³-hybridized carbons (Fsp3) is 0.833. The van der Waals surface area contributed by atoms with E-state index in [1.807, 2.05) is 20.8 Å². The molecule has 1 heterocycles. The summed E-state index contributed by atoms with van der Waals surface area (Å²) in [5.74, 6) is -0.496. The van der Waals surface area contributed by atoms with E-state index in [9.17, 15) is 14.7 Å². The fourth-order valence-electron chi connectivity index (χ4n) is 1.96. The number of β-amino-alcohol motifs (C(OH)–C–C–N with tert-alkyl or cyclic N) is 1. The maximum Gasteiger partial charge on any atom is 0.328 e. The van der Waals surface area contributed by atoms with Crippen LogP contribution in [0.3, 0.4) is 0 Å². The van der Waals surface area contributed by atoms with Gasteiger partial charge in [-0.05, 0) is 5.92 Å². The number of hydrogen-bond donors (Lipinski definition) is 1. The SMILES string of the molecule is COC(=O)C1CC(O)CN1C(=O)C(C)C(C)C. The molecule has 3 atom stereocenters. The molecule has 1 saturated heterocycles. The molecule has 5 heteroatoms. The lowest BCUT2D eigenvalue weighted by Gasteiger charge is -2.27. The highest BCUT2D eigenvalue weighted by atomic mass is 16.5. The molecule has 1 amide bonds. The third-order valence-corrected chi connectivity index (χ3v) is 3.42. The van der Waals surface area contributed by atoms with Crippen molar-refractivity contribution in [1.29, 1.82) is 0 Å². The van der Waals surface area contributed by atoms with Gasteiger partial charge in [0.2, 0.25) is 5.91 Å². The van der Waals surface area contributed by atoms with E-state index in [1.165, 1.54) is 12.0 Å². The predicted octanol–water partition coefficient (Wildman–Crippen LogP) is 0.413. The molecule has 17 heavy (non-hydrogen) atoms. The Kier molecular flexibility index (Phi) is 4.51. The molecule has 5 nitrogen and oxygen atoms in total. The second-order valence-corrected chi connectivity index (χ2v) is 4.95. The Balaban J connectivity index is 2.80. The van der Waals surface area contributed by atoms with Crippen LogP contribution in [0.5, 0.6) is 0 Å². The molecule has 1 N–H and O–H groups in total. The van der Waals surface area contributed by atoms with E-state index < -0.39 is 18.1 Å². The molecule has 0 saturated carbocycles. The quantitative estimate of drug-likeness (QED) is 0.729. The van der Waals surface area contributed by atoms with E-state index in [1.54, 1.807) is 0 Å². The molecule has 0 aromatic heterocycles. The number of aliphatic hydroxyl groups is 1. The van der Waals surface area contributed by atoms with E-state index in [4.69, 9.17) is 0 Å². The molecule has 0 aliphatic carbocycles. The first-order valence-corrected chi connectivity index (χ1v) is 5.94. The normalized spacial score (nSPS) is 26.1. The number of amides is 1. The number of likely N-dealkylation sites (tertiary alicyclic amines) is 1. The van der Waals surface area contributed by atoms with Crippen molar-refractivity contribution in [2.45, 2.75) is 39.3 Å². The lowest BCUT2D eigenvalue weighted by molar-refractivity contribution is -0.152. The summed E-state index contributed by atoms with van der Waals surface area (Å²) in [6.45, 7) is 5.98. The minimum Gasteiger partial charge on any atom is -0.467 e. The Bertz CT molecular complexity index is 303. The smallest absolute Gasteiger partial charge is 0.328 e. The van der Waals surface area contributed by atoms with Crippen molar-refractivity contribution >= 4 is 11.9 Å². The van der Waals surface area contributed by atoms with Crippen molar-refractivity contribution in [3.8, 4) is 0 Å². The van der Waals surface area contributed by atoms with Gasteiger partial charge >= 0.3 is 5.97 Å². The molecule has 1 fully saturated rings. The van der Waals surface area contributed by atoms with Crippen LogP contribution >= 0.6 is 0 Å². The van der Waals surface area contributed by atoms with Gasteiger partial charge in [0, 0.05) is 18.9 Å². The molecule has 0 spiro atoms. The molecule has 0 aromatic carbocycles. The van der Waals surface area contributed by atoms with E-state index >= 15 is 0 Å². The fourth-order valence-corrected chi connectivity index (χ4v) is 1.96. The van der Waals surface area contributed by atoms with Crippen molar-refractivity contribution in [2.24, 2.45) is 11.8 Å². The van der Waals surface area contributed by atoms with Gasteiger partial charge in [-0.25, -0.2) is 4.79 Å². The maximum atomic E-state index is 12.2. The summed E-state index contributed by atoms with van der Waals surface area (Å²) in [5, 5.41) is 9.58. The van der Waals surface area contributed by atoms with Gasteiger partial charge < -0.3 is 14.7 Å². The number of ether oxygens (including phenoxy) is 1. The lowest BCUT2D eigenvalue weighted by Crippen LogP contribution is -2.44. The molecule has 1 aliphatic rings. The first-order valence-electron chi connectivity index (χ1n) is 5.94. The van der Waals surface area contributed by atoms with Gasteiger partial charge in [-0.15, -0.1) is 0 Å². The van der Waals surface area contributed by atoms with Gasteiger partial charge in [0.15, 0.2) is 0 Å². The molecule has 0 bridgehead atoms. The summed E-state index contributed by atoms with van der Waals surface area (Å²) in [7, 11) is 1.29. The molecular weight excluding hydrogens is 222 g/mol. The zero-order valence-electron chi connectivity index (χ0n) is 10.8. The number of aliphatic hydroxyl groups excluding tert-OH is 1. The zero-order valence-corrected chi connectivity index (χ0v) is 10.8. The number of methoxy groups -OCH3 is 1. The number of carbonyl (C=O) groups excluding carboxylic acids is 2. The van der Waals surface area contributed by atoms with Gasteiger partial charge in [0.05, 0.1) is 13.2 Å². The Morgan fingerprint density at radius 3 is 2.41 bits per heavy atom. The van der Waals surface area contributed by atoms with E-state index in [0.717, 1.165) is 0 Å². The topological polar surface area (TPSA) is 66.8 Å². The number of rotatable bonds is 3. The molecule has 1 aliphatic heterocycles. The third-order valence-electron chi connectivity index (χ3n) is 3.42. The summed E-state index contributed by atoms with van der Waals surface area (Å²) in [4.78, 5) is 25.2. The van der Waals surface area contributed by atoms with Gasteiger partial charge in [0.1, 0.15) is 6.04 Å². The monoisotopic (exact) mass is 243 g/mol. The van der Waals surface area contributed by atoms with Crippen LogP contribution in [-0.4, -0.2) is 47.7 Å². The van der Waals surface area contributed by atoms with Gasteiger partial charge in [0.25, 0.3) is 0 Å². The second kappa shape index (κ2) is 5.49. The van der Waals surface area contributed by atoms with Crippen LogP contribution in [0.2, 0.25) is 0 Å². The van der Waals surface area contributed by atoms with Gasteiger partial charge in [-0.2, -0.15) is 0 Å². The molecule has 0 aromatic rings. The highest BCUT2D eigenvalue weighted by Crippen LogP contribution is 2.23. The molecular formula is C12H21NO4. The van der Waals surface area contributed by atoms with Crippen molar-refractivity contribution in [3.63, 3.8) is 0 Å². The van der Waals surface area contributed by atoms with Crippen molar-refractivity contribution < 1.29 is 19.4 Å². The highest BCUT2D eigenvalue weighted by Gasteiger charge is 2.41. The van der Waals surface area contributed by atoms with Crippen LogP contribution in [0.4, 0.5) is 0 Å². The Hall–Kier alpha value is -1.10. The summed E-state index contributed by atoms with van der Waals surface area (Å²) in [5.41, 5.74) is 0. The lowest BCUT2D eigenvalue weighted by atomic mass is 9.96. The van der Waals surface area contributed by atoms with Crippen LogP contribution in [-0.2, 0) is 14.3 Å². The summed E-state index contributed by atoms with van der Waals surface area (Å²) < 4.78 is 4.66.